The smallest absolute Gasteiger partial charge is 0.286 e. The Morgan fingerprint density at radius 3 is 2.34 bits per heavy atom. The Balaban J connectivity index is 1.87. The highest BCUT2D eigenvalue weighted by molar-refractivity contribution is 6.37. The standard InChI is InChI=1S/C25H46N4O3/c1-17(22(26)25(2,3)4)29-16-10-13-20(29)24(32)28-19(21(30)23(27)31)12-9-7-5-6-8-11-18-14-15-18/h18-20,22,24,28,32H,1,5-16,26H2,2-4H3,(H2,27,31)/t19?,20-,22+,24?/m0/s1. The van der Waals surface area contributed by atoms with E-state index in [-0.39, 0.29) is 17.5 Å². The summed E-state index contributed by atoms with van der Waals surface area (Å²) < 4.78 is 0. The molecule has 0 bridgehead atoms. The molecule has 0 aromatic carbocycles. The first-order valence-corrected chi connectivity index (χ1v) is 12.5. The number of nitrogens with one attached hydrogen (secondary N) is 1. The van der Waals surface area contributed by atoms with Gasteiger partial charge in [0.2, 0.25) is 5.78 Å². The van der Waals surface area contributed by atoms with Crippen molar-refractivity contribution in [1.29, 1.82) is 0 Å². The number of hydrogen-bond donors (Lipinski definition) is 4. The van der Waals surface area contributed by atoms with E-state index in [1.165, 1.54) is 32.1 Å². The van der Waals surface area contributed by atoms with Crippen LogP contribution in [0.15, 0.2) is 12.3 Å². The Hall–Kier alpha value is -1.44. The van der Waals surface area contributed by atoms with Crippen LogP contribution in [0.3, 0.4) is 0 Å². The van der Waals surface area contributed by atoms with Gasteiger partial charge in [-0.2, -0.15) is 0 Å². The van der Waals surface area contributed by atoms with Crippen LogP contribution in [0.2, 0.25) is 0 Å². The van der Waals surface area contributed by atoms with Gasteiger partial charge < -0.3 is 21.5 Å². The molecule has 7 nitrogen and oxygen atoms in total. The van der Waals surface area contributed by atoms with Gasteiger partial charge in [0.05, 0.1) is 12.1 Å². The van der Waals surface area contributed by atoms with E-state index < -0.39 is 24.0 Å². The van der Waals surface area contributed by atoms with Crippen LogP contribution in [-0.4, -0.2) is 52.6 Å². The average molecular weight is 451 g/mol. The van der Waals surface area contributed by atoms with E-state index in [4.69, 9.17) is 11.5 Å². The zero-order chi connectivity index (χ0) is 23.9. The fraction of sp³-hybridized carbons (Fsp3) is 0.840. The number of rotatable bonds is 15. The molecule has 2 fully saturated rings. The van der Waals surface area contributed by atoms with Crippen LogP contribution in [0, 0.1) is 11.3 Å². The van der Waals surface area contributed by atoms with Crippen LogP contribution in [-0.2, 0) is 9.59 Å². The summed E-state index contributed by atoms with van der Waals surface area (Å²) in [6.45, 7) is 11.2. The maximum atomic E-state index is 12.4. The minimum Gasteiger partial charge on any atom is -0.376 e. The molecule has 0 aromatic heterocycles. The normalized spacial score (nSPS) is 21.9. The molecule has 4 atom stereocenters. The molecule has 0 radical (unpaired) electrons. The van der Waals surface area contributed by atoms with Gasteiger partial charge in [-0.05, 0) is 30.6 Å². The molecule has 2 aliphatic rings. The van der Waals surface area contributed by atoms with Crippen LogP contribution in [0.5, 0.6) is 0 Å². The fourth-order valence-corrected chi connectivity index (χ4v) is 4.65. The third-order valence-electron chi connectivity index (χ3n) is 7.06. The number of aliphatic hydroxyl groups is 1. The molecule has 1 amide bonds. The first kappa shape index (κ1) is 26.8. The van der Waals surface area contributed by atoms with Gasteiger partial charge in [0.25, 0.3) is 5.91 Å². The Labute approximate surface area is 194 Å². The molecule has 0 spiro atoms. The lowest BCUT2D eigenvalue weighted by atomic mass is 9.85. The summed E-state index contributed by atoms with van der Waals surface area (Å²) in [5.41, 5.74) is 12.3. The molecule has 1 aliphatic carbocycles. The van der Waals surface area contributed by atoms with Crippen molar-refractivity contribution >= 4 is 11.7 Å². The molecular formula is C25H46N4O3. The molecule has 32 heavy (non-hydrogen) atoms. The lowest BCUT2D eigenvalue weighted by Gasteiger charge is -2.39. The molecule has 184 valence electrons. The molecule has 2 unspecified atom stereocenters. The summed E-state index contributed by atoms with van der Waals surface area (Å²) in [5.74, 6) is -0.642. The molecule has 7 heteroatoms. The Bertz CT molecular complexity index is 642. The van der Waals surface area contributed by atoms with Crippen molar-refractivity contribution in [2.24, 2.45) is 22.8 Å². The van der Waals surface area contributed by atoms with Gasteiger partial charge in [-0.25, -0.2) is 0 Å². The summed E-state index contributed by atoms with van der Waals surface area (Å²) in [6, 6.07) is -1.24. The first-order valence-electron chi connectivity index (χ1n) is 12.5. The second-order valence-electron chi connectivity index (χ2n) is 10.9. The minimum absolute atomic E-state index is 0.147. The average Bonchev–Trinajstić information content (AvgIpc) is 3.42. The largest absolute Gasteiger partial charge is 0.376 e. The van der Waals surface area contributed by atoms with Crippen molar-refractivity contribution in [3.8, 4) is 0 Å². The van der Waals surface area contributed by atoms with Gasteiger partial charge in [0.1, 0.15) is 6.23 Å². The van der Waals surface area contributed by atoms with Crippen molar-refractivity contribution in [2.45, 2.75) is 116 Å². The first-order chi connectivity index (χ1) is 15.0. The van der Waals surface area contributed by atoms with E-state index in [9.17, 15) is 14.7 Å². The molecule has 6 N–H and O–H groups in total. The maximum Gasteiger partial charge on any atom is 0.286 e. The number of carbonyl (C=O) groups is 2. The van der Waals surface area contributed by atoms with Crippen molar-refractivity contribution in [1.82, 2.24) is 10.2 Å². The predicted molar refractivity (Wildman–Crippen MR) is 128 cm³/mol. The number of aliphatic hydroxyl groups excluding tert-OH is 1. The van der Waals surface area contributed by atoms with Crippen LogP contribution in [0.4, 0.5) is 0 Å². The van der Waals surface area contributed by atoms with Crippen LogP contribution in [0.1, 0.15) is 91.4 Å². The zero-order valence-corrected chi connectivity index (χ0v) is 20.4. The van der Waals surface area contributed by atoms with E-state index in [0.717, 1.165) is 50.3 Å². The third kappa shape index (κ3) is 8.16. The number of unbranched alkanes of at least 4 members (excludes halogenated alkanes) is 4. The number of primary amides is 1. The van der Waals surface area contributed by atoms with E-state index in [1.807, 2.05) is 0 Å². The number of hydrogen-bond acceptors (Lipinski definition) is 6. The maximum absolute atomic E-state index is 12.4. The minimum atomic E-state index is -0.965. The number of carbonyl (C=O) groups excluding carboxylic acids is 2. The quantitative estimate of drug-likeness (QED) is 0.173. The van der Waals surface area contributed by atoms with Crippen LogP contribution >= 0.6 is 0 Å². The Morgan fingerprint density at radius 2 is 1.75 bits per heavy atom. The molecule has 1 aliphatic heterocycles. The van der Waals surface area contributed by atoms with Crippen molar-refractivity contribution in [2.75, 3.05) is 6.54 Å². The number of ketones is 1. The zero-order valence-electron chi connectivity index (χ0n) is 20.4. The lowest BCUT2D eigenvalue weighted by Crippen LogP contribution is -2.55. The van der Waals surface area contributed by atoms with E-state index >= 15 is 0 Å². The van der Waals surface area contributed by atoms with Gasteiger partial charge in [0, 0.05) is 18.3 Å². The summed E-state index contributed by atoms with van der Waals surface area (Å²) in [5, 5.41) is 14.0. The lowest BCUT2D eigenvalue weighted by molar-refractivity contribution is -0.138. The predicted octanol–water partition coefficient (Wildman–Crippen LogP) is 2.81. The van der Waals surface area contributed by atoms with Crippen molar-refractivity contribution in [3.63, 3.8) is 0 Å². The van der Waals surface area contributed by atoms with Gasteiger partial charge in [-0.3, -0.25) is 14.9 Å². The highest BCUT2D eigenvalue weighted by atomic mass is 16.3. The third-order valence-corrected chi connectivity index (χ3v) is 7.06. The van der Waals surface area contributed by atoms with Crippen molar-refractivity contribution < 1.29 is 14.7 Å². The van der Waals surface area contributed by atoms with Crippen LogP contribution in [0.25, 0.3) is 0 Å². The summed E-state index contributed by atoms with van der Waals surface area (Å²) >= 11 is 0. The van der Waals surface area contributed by atoms with Gasteiger partial charge in [0.15, 0.2) is 0 Å². The molecular weight excluding hydrogens is 404 g/mol. The van der Waals surface area contributed by atoms with Gasteiger partial charge >= 0.3 is 0 Å². The van der Waals surface area contributed by atoms with Gasteiger partial charge in [-0.1, -0.05) is 78.7 Å². The number of Topliss-reactive ketones (excluding diaryl/α,β-unsaturated/α-hetero) is 1. The Kier molecular flexibility index (Phi) is 10.2. The number of nitrogens with two attached hydrogens (primary N) is 2. The molecule has 2 rings (SSSR count). The summed E-state index contributed by atoms with van der Waals surface area (Å²) in [6.07, 6.45) is 10.8. The SMILES string of the molecule is C=C([C@@H](N)C(C)(C)C)N1CCC[C@H]1C(O)NC(CCCCCCCC1CC1)C(=O)C(N)=O. The molecule has 1 saturated heterocycles. The molecule has 1 heterocycles. The second kappa shape index (κ2) is 12.1. The fourth-order valence-electron chi connectivity index (χ4n) is 4.65. The second-order valence-corrected chi connectivity index (χ2v) is 10.9. The van der Waals surface area contributed by atoms with E-state index in [0.29, 0.717) is 6.42 Å². The molecule has 1 saturated carbocycles. The molecule has 0 aromatic rings. The summed E-state index contributed by atoms with van der Waals surface area (Å²) in [7, 11) is 0. The monoisotopic (exact) mass is 450 g/mol. The topological polar surface area (TPSA) is 122 Å². The summed E-state index contributed by atoms with van der Waals surface area (Å²) in [4.78, 5) is 26.0. The highest BCUT2D eigenvalue weighted by Crippen LogP contribution is 2.34. The van der Waals surface area contributed by atoms with E-state index in [2.05, 4.69) is 37.6 Å². The van der Waals surface area contributed by atoms with Crippen molar-refractivity contribution in [3.05, 3.63) is 12.3 Å². The number of likely N-dealkylation sites (tertiary alicyclic amines) is 1. The Morgan fingerprint density at radius 1 is 1.12 bits per heavy atom. The number of amides is 1. The van der Waals surface area contributed by atoms with Gasteiger partial charge in [-0.15, -0.1) is 0 Å². The van der Waals surface area contributed by atoms with Crippen LogP contribution < -0.4 is 16.8 Å². The van der Waals surface area contributed by atoms with E-state index in [1.54, 1.807) is 0 Å². The number of nitrogens with zero attached hydrogens (tertiary/aromatic N) is 1. The highest BCUT2D eigenvalue weighted by Gasteiger charge is 2.37.